The van der Waals surface area contributed by atoms with Crippen LogP contribution in [0.2, 0.25) is 0 Å². The monoisotopic (exact) mass is 1440 g/mol. The van der Waals surface area contributed by atoms with Gasteiger partial charge < -0.3 is 47.7 Å². The first kappa shape index (κ1) is 71.3. The zero-order chi connectivity index (χ0) is 74.0. The topological polar surface area (TPSA) is 80.3 Å². The van der Waals surface area contributed by atoms with E-state index in [0.717, 1.165) is 114 Å². The summed E-state index contributed by atoms with van der Waals surface area (Å²) in [5.41, 5.74) is 14.7. The van der Waals surface area contributed by atoms with Crippen LogP contribution in [0.5, 0.6) is 23.0 Å². The number of ether oxygens (including phenoxy) is 8. The van der Waals surface area contributed by atoms with Gasteiger partial charge in [0.2, 0.25) is 0 Å². The fraction of sp³-hybridized carbons (Fsp3) is 0.234. The Balaban J connectivity index is 0.769. The molecule has 108 heavy (non-hydrogen) atoms. The van der Waals surface area contributed by atoms with Crippen LogP contribution in [0.25, 0.3) is 33.4 Å². The highest BCUT2D eigenvalue weighted by atomic mass is 19.1. The van der Waals surface area contributed by atoms with Crippen LogP contribution >= 0.6 is 0 Å². The molecule has 12 aromatic rings. The molecule has 0 radical (unpaired) electrons. The Morgan fingerprint density at radius 1 is 0.324 bits per heavy atom. The zero-order valence-electron chi connectivity index (χ0n) is 61.0. The van der Waals surface area contributed by atoms with Gasteiger partial charge in [0.15, 0.2) is 0 Å². The SMILES string of the molecule is CCOCCOc1ccc(C2(c3ccc(OCC4(CC)COC4)cc3)c3ccccc3-c3ccc(N(c4ccc(-c5ccc(N(c6ccc7c(c6)C(c6ccc(OCCOCC)cc6)(c6ccc(OCC8(CC)COC8)cc6)c6ccccc6-7)c6ccc(F)cc6F)cc5)cc4)c4ccc(F)cc4F)cc32)cc1. The lowest BCUT2D eigenvalue weighted by Gasteiger charge is -2.40. The van der Waals surface area contributed by atoms with Gasteiger partial charge in [-0.1, -0.05) is 147 Å². The Kier molecular flexibility index (Phi) is 20.0. The fourth-order valence-corrected chi connectivity index (χ4v) is 16.1. The van der Waals surface area contributed by atoms with Crippen LogP contribution < -0.4 is 28.7 Å². The maximum Gasteiger partial charge on any atom is 0.150 e. The van der Waals surface area contributed by atoms with Gasteiger partial charge in [-0.15, -0.1) is 0 Å². The molecule has 0 spiro atoms. The van der Waals surface area contributed by atoms with Gasteiger partial charge in [0.25, 0.3) is 0 Å². The quantitative estimate of drug-likeness (QED) is 0.0334. The maximum absolute atomic E-state index is 16.9. The summed E-state index contributed by atoms with van der Waals surface area (Å²) < 4.78 is 112. The Labute approximate surface area is 628 Å². The molecule has 14 heteroatoms. The first-order valence-electron chi connectivity index (χ1n) is 37.3. The summed E-state index contributed by atoms with van der Waals surface area (Å²) in [5.74, 6) is 0.0216. The molecule has 0 bridgehead atoms. The van der Waals surface area contributed by atoms with Crippen LogP contribution in [-0.4, -0.2) is 79.3 Å². The number of fused-ring (bicyclic) bond motifs is 6. The molecule has 0 saturated carbocycles. The van der Waals surface area contributed by atoms with Gasteiger partial charge in [-0.05, 0) is 226 Å². The molecule has 2 heterocycles. The van der Waals surface area contributed by atoms with Crippen molar-refractivity contribution in [2.75, 3.05) is 89.1 Å². The molecule has 10 nitrogen and oxygen atoms in total. The highest BCUT2D eigenvalue weighted by Gasteiger charge is 2.49. The highest BCUT2D eigenvalue weighted by molar-refractivity contribution is 5.92. The molecular formula is C94H84F4N2O8. The van der Waals surface area contributed by atoms with Crippen LogP contribution in [0.1, 0.15) is 85.0 Å². The van der Waals surface area contributed by atoms with Crippen molar-refractivity contribution >= 4 is 34.1 Å². The van der Waals surface area contributed by atoms with E-state index in [4.69, 9.17) is 37.9 Å². The van der Waals surface area contributed by atoms with Gasteiger partial charge in [0.05, 0.1) is 85.9 Å². The average Bonchev–Trinajstić information content (AvgIpc) is 1.54. The van der Waals surface area contributed by atoms with Crippen LogP contribution in [-0.2, 0) is 29.8 Å². The third-order valence-electron chi connectivity index (χ3n) is 22.2. The van der Waals surface area contributed by atoms with Gasteiger partial charge in [0.1, 0.15) is 59.5 Å². The van der Waals surface area contributed by atoms with Crippen molar-refractivity contribution in [3.05, 3.63) is 335 Å². The second kappa shape index (κ2) is 30.3. The molecule has 0 N–H and O–H groups in total. The standard InChI is InChI=1S/C94H84F4N2O8/c1-5-91(57-103-58-91)61-107-77-41-25-67(26-42-77)93(65-21-37-75(38-22-65)105-51-49-101-7-3)83-15-11-9-13-79(83)81-45-35-73(55-85(81)93)99(89-47-29-69(95)53-87(89)97)71-31-17-63(18-32-71)64-19-33-72(34-20-64)100(90-48-30-70(96)54-88(90)98)74-36-46-82-80-14-10-12-16-84(80)94(86(82)56-74,66-23-39-76(40-24-66)106-52-50-102-8-4)68-27-43-78(44-28-68)108-62-92(6-2)59-104-60-92/h9-48,53-56H,5-8,49-52,57-62H2,1-4H3. The Hall–Kier alpha value is -11.0. The van der Waals surface area contributed by atoms with E-state index in [0.29, 0.717) is 114 Å². The molecule has 0 aromatic heterocycles. The van der Waals surface area contributed by atoms with E-state index in [-0.39, 0.29) is 22.2 Å². The van der Waals surface area contributed by atoms with Gasteiger partial charge >= 0.3 is 0 Å². The van der Waals surface area contributed by atoms with Gasteiger partial charge in [-0.3, -0.25) is 0 Å². The summed E-state index contributed by atoms with van der Waals surface area (Å²) in [6, 6.07) is 85.6. The Morgan fingerprint density at radius 2 is 0.657 bits per heavy atom. The molecule has 2 atom stereocenters. The van der Waals surface area contributed by atoms with E-state index in [1.807, 2.05) is 133 Å². The minimum atomic E-state index is -0.908. The van der Waals surface area contributed by atoms with Crippen molar-refractivity contribution in [1.29, 1.82) is 0 Å². The number of hydrogen-bond donors (Lipinski definition) is 0. The number of halogens is 4. The van der Waals surface area contributed by atoms with Crippen molar-refractivity contribution in [2.45, 2.75) is 51.4 Å². The second-order valence-corrected chi connectivity index (χ2v) is 28.5. The van der Waals surface area contributed by atoms with Gasteiger partial charge in [-0.25, -0.2) is 17.6 Å². The lowest BCUT2D eigenvalue weighted by atomic mass is 9.67. The number of hydrogen-bond acceptors (Lipinski definition) is 10. The summed E-state index contributed by atoms with van der Waals surface area (Å²) in [4.78, 5) is 3.67. The molecule has 12 aromatic carbocycles. The molecule has 16 rings (SSSR count). The summed E-state index contributed by atoms with van der Waals surface area (Å²) in [6.07, 6.45) is 1.90. The van der Waals surface area contributed by atoms with Crippen molar-refractivity contribution in [1.82, 2.24) is 0 Å². The number of rotatable bonds is 29. The molecule has 4 aliphatic rings. The van der Waals surface area contributed by atoms with Crippen LogP contribution in [0.3, 0.4) is 0 Å². The molecule has 546 valence electrons. The van der Waals surface area contributed by atoms with E-state index >= 15 is 17.6 Å². The molecule has 2 aliphatic carbocycles. The molecular weight excluding hydrogens is 1360 g/mol. The van der Waals surface area contributed by atoms with Crippen molar-refractivity contribution < 1.29 is 55.5 Å². The van der Waals surface area contributed by atoms with Crippen molar-refractivity contribution in [3.63, 3.8) is 0 Å². The first-order chi connectivity index (χ1) is 52.9. The van der Waals surface area contributed by atoms with E-state index in [1.54, 1.807) is 0 Å². The molecule has 0 amide bonds. The third kappa shape index (κ3) is 13.1. The maximum atomic E-state index is 16.9. The number of anilines is 6. The van der Waals surface area contributed by atoms with E-state index in [1.165, 1.54) is 24.3 Å². The fourth-order valence-electron chi connectivity index (χ4n) is 16.1. The number of benzene rings is 12. The smallest absolute Gasteiger partial charge is 0.150 e. The van der Waals surface area contributed by atoms with Crippen molar-refractivity contribution in [2.24, 2.45) is 10.8 Å². The van der Waals surface area contributed by atoms with E-state index in [2.05, 4.69) is 135 Å². The van der Waals surface area contributed by atoms with E-state index in [9.17, 15) is 0 Å². The predicted molar refractivity (Wildman–Crippen MR) is 418 cm³/mol. The lowest BCUT2D eigenvalue weighted by molar-refractivity contribution is -0.133. The third-order valence-corrected chi connectivity index (χ3v) is 22.2. The molecule has 2 fully saturated rings. The van der Waals surface area contributed by atoms with Gasteiger partial charge in [0, 0.05) is 48.1 Å². The second-order valence-electron chi connectivity index (χ2n) is 28.5. The van der Waals surface area contributed by atoms with Crippen LogP contribution in [0.4, 0.5) is 51.7 Å². The summed E-state index contributed by atoms with van der Waals surface area (Å²) in [6.45, 7) is 14.9. The molecule has 2 unspecified atom stereocenters. The highest BCUT2D eigenvalue weighted by Crippen LogP contribution is 2.60. The Bertz CT molecular complexity index is 4850. The van der Waals surface area contributed by atoms with Gasteiger partial charge in [-0.2, -0.15) is 0 Å². The average molecular weight is 1450 g/mol. The van der Waals surface area contributed by atoms with Crippen LogP contribution in [0.15, 0.2) is 267 Å². The summed E-state index contributed by atoms with van der Waals surface area (Å²) in [5, 5.41) is 0. The van der Waals surface area contributed by atoms with Crippen LogP contribution in [0, 0.1) is 34.1 Å². The predicted octanol–water partition coefficient (Wildman–Crippen LogP) is 22.0. The largest absolute Gasteiger partial charge is 0.493 e. The minimum Gasteiger partial charge on any atom is -0.493 e. The molecule has 2 aliphatic heterocycles. The zero-order valence-corrected chi connectivity index (χ0v) is 61.0. The lowest BCUT2D eigenvalue weighted by Crippen LogP contribution is -2.46. The normalized spacial score (nSPS) is 16.8. The van der Waals surface area contributed by atoms with E-state index < -0.39 is 34.1 Å². The first-order valence-corrected chi connectivity index (χ1v) is 37.3. The number of nitrogens with zero attached hydrogens (tertiary/aromatic N) is 2. The minimum absolute atomic E-state index is 0.0171. The Morgan fingerprint density at radius 3 is 0.981 bits per heavy atom. The summed E-state index contributed by atoms with van der Waals surface area (Å²) in [7, 11) is 0. The summed E-state index contributed by atoms with van der Waals surface area (Å²) >= 11 is 0. The molecule has 2 saturated heterocycles. The van der Waals surface area contributed by atoms with Crippen molar-refractivity contribution in [3.8, 4) is 56.4 Å².